The fraction of sp³-hybridized carbons (Fsp3) is 0.529. The van der Waals surface area contributed by atoms with Crippen molar-refractivity contribution in [2.24, 2.45) is 5.92 Å². The van der Waals surface area contributed by atoms with Gasteiger partial charge >= 0.3 is 0 Å². The van der Waals surface area contributed by atoms with Crippen LogP contribution in [-0.2, 0) is 9.59 Å². The second kappa shape index (κ2) is 6.91. The van der Waals surface area contributed by atoms with Gasteiger partial charge < -0.3 is 9.80 Å². The summed E-state index contributed by atoms with van der Waals surface area (Å²) in [6.45, 7) is 1.48. The summed E-state index contributed by atoms with van der Waals surface area (Å²) >= 11 is 1.84. The molecule has 2 atom stereocenters. The SMILES string of the molecule is CN1C(=O)CC[C@@H](C(=O)N2CCSCC2)[C@H]1c1ccccc1F. The number of carbonyl (C=O) groups is 2. The summed E-state index contributed by atoms with van der Waals surface area (Å²) in [7, 11) is 1.67. The molecule has 1 aromatic rings. The van der Waals surface area contributed by atoms with Crippen molar-refractivity contribution in [2.75, 3.05) is 31.6 Å². The van der Waals surface area contributed by atoms with Gasteiger partial charge in [0, 0.05) is 43.6 Å². The van der Waals surface area contributed by atoms with Crippen LogP contribution in [0.25, 0.3) is 0 Å². The second-order valence-corrected chi connectivity index (χ2v) is 7.28. The topological polar surface area (TPSA) is 40.6 Å². The van der Waals surface area contributed by atoms with Crippen LogP contribution in [0.4, 0.5) is 4.39 Å². The Balaban J connectivity index is 1.91. The second-order valence-electron chi connectivity index (χ2n) is 6.05. The van der Waals surface area contributed by atoms with E-state index in [2.05, 4.69) is 0 Å². The van der Waals surface area contributed by atoms with Crippen LogP contribution in [0.5, 0.6) is 0 Å². The van der Waals surface area contributed by atoms with Gasteiger partial charge in [-0.1, -0.05) is 18.2 Å². The molecule has 0 radical (unpaired) electrons. The van der Waals surface area contributed by atoms with Gasteiger partial charge in [-0.3, -0.25) is 9.59 Å². The Labute approximate surface area is 140 Å². The molecule has 2 amide bonds. The highest BCUT2D eigenvalue weighted by molar-refractivity contribution is 7.99. The predicted molar refractivity (Wildman–Crippen MR) is 88.5 cm³/mol. The first-order chi connectivity index (χ1) is 11.1. The monoisotopic (exact) mass is 336 g/mol. The van der Waals surface area contributed by atoms with Crippen LogP contribution in [0.2, 0.25) is 0 Å². The molecule has 0 bridgehead atoms. The van der Waals surface area contributed by atoms with E-state index in [9.17, 15) is 14.0 Å². The largest absolute Gasteiger partial charge is 0.341 e. The van der Waals surface area contributed by atoms with E-state index in [0.717, 1.165) is 24.6 Å². The van der Waals surface area contributed by atoms with E-state index >= 15 is 0 Å². The van der Waals surface area contributed by atoms with Crippen molar-refractivity contribution in [3.05, 3.63) is 35.6 Å². The van der Waals surface area contributed by atoms with Gasteiger partial charge in [-0.2, -0.15) is 11.8 Å². The molecule has 2 aliphatic heterocycles. The number of hydrogen-bond acceptors (Lipinski definition) is 3. The number of benzene rings is 1. The quantitative estimate of drug-likeness (QED) is 0.832. The lowest BCUT2D eigenvalue weighted by Crippen LogP contribution is -2.49. The van der Waals surface area contributed by atoms with Gasteiger partial charge in [0.15, 0.2) is 0 Å². The van der Waals surface area contributed by atoms with Gasteiger partial charge in [0.2, 0.25) is 11.8 Å². The molecule has 2 saturated heterocycles. The zero-order valence-corrected chi connectivity index (χ0v) is 14.0. The number of carbonyl (C=O) groups excluding carboxylic acids is 2. The molecular weight excluding hydrogens is 315 g/mol. The molecule has 3 rings (SSSR count). The van der Waals surface area contributed by atoms with Crippen molar-refractivity contribution in [1.82, 2.24) is 9.80 Å². The zero-order valence-electron chi connectivity index (χ0n) is 13.2. The minimum atomic E-state index is -0.514. The van der Waals surface area contributed by atoms with Crippen molar-refractivity contribution in [2.45, 2.75) is 18.9 Å². The number of rotatable bonds is 2. The molecule has 0 aliphatic carbocycles. The minimum Gasteiger partial charge on any atom is -0.341 e. The molecule has 2 fully saturated rings. The van der Waals surface area contributed by atoms with Crippen LogP contribution >= 0.6 is 11.8 Å². The highest BCUT2D eigenvalue weighted by Crippen LogP contribution is 2.38. The standard InChI is InChI=1S/C17H21FN2O2S/c1-19-15(21)7-6-13(17(22)20-8-10-23-11-9-20)16(19)12-4-2-3-5-14(12)18/h2-5,13,16H,6-11H2,1H3/t13-,16-/m1/s1. The molecule has 6 heteroatoms. The third-order valence-electron chi connectivity index (χ3n) is 4.72. The van der Waals surface area contributed by atoms with E-state index in [1.807, 2.05) is 16.7 Å². The number of amides is 2. The first kappa shape index (κ1) is 16.3. The number of piperidine rings is 1. The Morgan fingerprint density at radius 3 is 2.65 bits per heavy atom. The van der Waals surface area contributed by atoms with Gasteiger partial charge in [0.05, 0.1) is 12.0 Å². The van der Waals surface area contributed by atoms with Crippen molar-refractivity contribution >= 4 is 23.6 Å². The van der Waals surface area contributed by atoms with Crippen LogP contribution in [0.3, 0.4) is 0 Å². The molecule has 124 valence electrons. The lowest BCUT2D eigenvalue weighted by atomic mass is 9.83. The third-order valence-corrected chi connectivity index (χ3v) is 5.67. The van der Waals surface area contributed by atoms with E-state index in [-0.39, 0.29) is 23.5 Å². The summed E-state index contributed by atoms with van der Waals surface area (Å²) < 4.78 is 14.3. The van der Waals surface area contributed by atoms with Crippen LogP contribution in [0.15, 0.2) is 24.3 Å². The Hall–Kier alpha value is -1.56. The summed E-state index contributed by atoms with van der Waals surface area (Å²) in [5.41, 5.74) is 0.438. The first-order valence-electron chi connectivity index (χ1n) is 7.96. The maximum atomic E-state index is 14.3. The summed E-state index contributed by atoms with van der Waals surface area (Å²) in [5.74, 6) is 1.19. The van der Waals surface area contributed by atoms with Gasteiger partial charge in [0.1, 0.15) is 5.82 Å². The van der Waals surface area contributed by atoms with E-state index in [0.29, 0.717) is 18.4 Å². The first-order valence-corrected chi connectivity index (χ1v) is 9.11. The molecule has 0 saturated carbocycles. The van der Waals surface area contributed by atoms with E-state index in [4.69, 9.17) is 0 Å². The Morgan fingerprint density at radius 2 is 1.96 bits per heavy atom. The molecule has 4 nitrogen and oxygen atoms in total. The Kier molecular flexibility index (Phi) is 4.90. The molecule has 2 aliphatic rings. The number of likely N-dealkylation sites (tertiary alicyclic amines) is 1. The van der Waals surface area contributed by atoms with Crippen molar-refractivity contribution < 1.29 is 14.0 Å². The van der Waals surface area contributed by atoms with Crippen LogP contribution in [0, 0.1) is 11.7 Å². The van der Waals surface area contributed by atoms with Crippen molar-refractivity contribution in [3.8, 4) is 0 Å². The molecule has 0 N–H and O–H groups in total. The third kappa shape index (κ3) is 3.22. The van der Waals surface area contributed by atoms with E-state index < -0.39 is 6.04 Å². The molecule has 0 spiro atoms. The van der Waals surface area contributed by atoms with Crippen molar-refractivity contribution in [1.29, 1.82) is 0 Å². The van der Waals surface area contributed by atoms with Crippen molar-refractivity contribution in [3.63, 3.8) is 0 Å². The summed E-state index contributed by atoms with van der Waals surface area (Å²) in [5, 5.41) is 0. The lowest BCUT2D eigenvalue weighted by Gasteiger charge is -2.41. The summed E-state index contributed by atoms with van der Waals surface area (Å²) in [4.78, 5) is 28.5. The molecule has 23 heavy (non-hydrogen) atoms. The zero-order chi connectivity index (χ0) is 16.4. The number of halogens is 1. The summed E-state index contributed by atoms with van der Waals surface area (Å²) in [6, 6.07) is 5.94. The average molecular weight is 336 g/mol. The molecule has 2 heterocycles. The van der Waals surface area contributed by atoms with E-state index in [1.165, 1.54) is 6.07 Å². The predicted octanol–water partition coefficient (Wildman–Crippen LogP) is 2.31. The Morgan fingerprint density at radius 1 is 1.26 bits per heavy atom. The average Bonchev–Trinajstić information content (AvgIpc) is 2.58. The highest BCUT2D eigenvalue weighted by Gasteiger charge is 2.41. The molecule has 0 aromatic heterocycles. The van der Waals surface area contributed by atoms with Gasteiger partial charge in [0.25, 0.3) is 0 Å². The Bertz CT molecular complexity index is 604. The van der Waals surface area contributed by atoms with Crippen LogP contribution in [-0.4, -0.2) is 53.3 Å². The number of thioether (sulfide) groups is 1. The number of nitrogens with zero attached hydrogens (tertiary/aromatic N) is 2. The van der Waals surface area contributed by atoms with Gasteiger partial charge in [-0.15, -0.1) is 0 Å². The maximum Gasteiger partial charge on any atom is 0.228 e. The fourth-order valence-corrected chi connectivity index (χ4v) is 4.36. The summed E-state index contributed by atoms with van der Waals surface area (Å²) in [6.07, 6.45) is 0.838. The van der Waals surface area contributed by atoms with Crippen LogP contribution in [0.1, 0.15) is 24.4 Å². The fourth-order valence-electron chi connectivity index (χ4n) is 3.46. The van der Waals surface area contributed by atoms with Crippen LogP contribution < -0.4 is 0 Å². The highest BCUT2D eigenvalue weighted by atomic mass is 32.2. The van der Waals surface area contributed by atoms with Gasteiger partial charge in [-0.25, -0.2) is 4.39 Å². The van der Waals surface area contributed by atoms with E-state index in [1.54, 1.807) is 30.1 Å². The smallest absolute Gasteiger partial charge is 0.228 e. The normalized spacial score (nSPS) is 25.6. The number of hydrogen-bond donors (Lipinski definition) is 0. The van der Waals surface area contributed by atoms with Gasteiger partial charge in [-0.05, 0) is 12.5 Å². The molecule has 1 aromatic carbocycles. The maximum absolute atomic E-state index is 14.3. The molecular formula is C17H21FN2O2S. The lowest BCUT2D eigenvalue weighted by molar-refractivity contribution is -0.146. The minimum absolute atomic E-state index is 0.0310. The molecule has 0 unspecified atom stereocenters.